The summed E-state index contributed by atoms with van der Waals surface area (Å²) in [6, 6.07) is 22.4. The molecule has 2 aromatic heterocycles. The summed E-state index contributed by atoms with van der Waals surface area (Å²) >= 11 is 0. The third-order valence-electron chi connectivity index (χ3n) is 6.14. The van der Waals surface area contributed by atoms with Crippen LogP contribution in [0, 0.1) is 0 Å². The highest BCUT2D eigenvalue weighted by Gasteiger charge is 2.19. The van der Waals surface area contributed by atoms with Crippen molar-refractivity contribution in [3.05, 3.63) is 78.5 Å². The van der Waals surface area contributed by atoms with Gasteiger partial charge in [-0.25, -0.2) is 9.97 Å². The highest BCUT2D eigenvalue weighted by molar-refractivity contribution is 5.81. The molecule has 1 saturated heterocycles. The Labute approximate surface area is 192 Å². The van der Waals surface area contributed by atoms with Crippen molar-refractivity contribution in [1.82, 2.24) is 19.4 Å². The molecule has 7 nitrogen and oxygen atoms in total. The number of aryl methyl sites for hydroxylation is 1. The minimum Gasteiger partial charge on any atom is -0.481 e. The first kappa shape index (κ1) is 21.2. The molecule has 4 aromatic rings. The molecule has 0 saturated carbocycles. The summed E-state index contributed by atoms with van der Waals surface area (Å²) in [7, 11) is 0. The van der Waals surface area contributed by atoms with Gasteiger partial charge in [0.05, 0.1) is 17.5 Å². The number of para-hydroxylation sites is 2. The number of piperazine rings is 1. The highest BCUT2D eigenvalue weighted by Crippen LogP contribution is 2.26. The van der Waals surface area contributed by atoms with Gasteiger partial charge in [-0.05, 0) is 35.9 Å². The maximum atomic E-state index is 11.2. The minimum absolute atomic E-state index is 0.0631. The summed E-state index contributed by atoms with van der Waals surface area (Å²) in [5, 5.41) is 9.22. The number of rotatable bonds is 7. The van der Waals surface area contributed by atoms with Crippen molar-refractivity contribution in [2.45, 2.75) is 19.5 Å². The zero-order valence-electron chi connectivity index (χ0n) is 18.5. The zero-order valence-corrected chi connectivity index (χ0v) is 18.5. The van der Waals surface area contributed by atoms with Crippen LogP contribution in [0.25, 0.3) is 22.4 Å². The number of anilines is 1. The quantitative estimate of drug-likeness (QED) is 0.469. The molecular formula is C26H27N5O2. The van der Waals surface area contributed by atoms with Crippen LogP contribution in [0.5, 0.6) is 0 Å². The molecule has 33 heavy (non-hydrogen) atoms. The Morgan fingerprint density at radius 3 is 2.55 bits per heavy atom. The summed E-state index contributed by atoms with van der Waals surface area (Å²) < 4.78 is 2.02. The molecule has 3 heterocycles. The summed E-state index contributed by atoms with van der Waals surface area (Å²) in [6.07, 6.45) is 1.91. The smallest absolute Gasteiger partial charge is 0.305 e. The number of hydrogen-bond donors (Lipinski definition) is 1. The van der Waals surface area contributed by atoms with Crippen LogP contribution in [0.15, 0.2) is 72.9 Å². The number of imidazole rings is 1. The molecule has 0 aliphatic carbocycles. The zero-order chi connectivity index (χ0) is 22.6. The number of fused-ring (bicyclic) bond motifs is 1. The molecule has 0 spiro atoms. The van der Waals surface area contributed by atoms with Gasteiger partial charge in [-0.3, -0.25) is 9.69 Å². The van der Waals surface area contributed by atoms with Crippen molar-refractivity contribution in [1.29, 1.82) is 0 Å². The van der Waals surface area contributed by atoms with Crippen LogP contribution in [-0.2, 0) is 17.9 Å². The number of carbonyl (C=O) groups is 1. The van der Waals surface area contributed by atoms with E-state index in [2.05, 4.69) is 45.1 Å². The third kappa shape index (κ3) is 4.73. The van der Waals surface area contributed by atoms with Crippen molar-refractivity contribution in [2.75, 3.05) is 31.1 Å². The number of hydrogen-bond acceptors (Lipinski definition) is 5. The number of nitrogens with zero attached hydrogens (tertiary/aromatic N) is 5. The maximum Gasteiger partial charge on any atom is 0.305 e. The second-order valence-corrected chi connectivity index (χ2v) is 8.37. The lowest BCUT2D eigenvalue weighted by molar-refractivity contribution is -0.137. The first-order chi connectivity index (χ1) is 16.2. The largest absolute Gasteiger partial charge is 0.481 e. The lowest BCUT2D eigenvalue weighted by Crippen LogP contribution is -2.46. The van der Waals surface area contributed by atoms with Crippen LogP contribution in [0.4, 0.5) is 5.82 Å². The Morgan fingerprint density at radius 2 is 1.76 bits per heavy atom. The maximum absolute atomic E-state index is 11.2. The van der Waals surface area contributed by atoms with E-state index >= 15 is 0 Å². The van der Waals surface area contributed by atoms with E-state index in [1.807, 2.05) is 47.2 Å². The van der Waals surface area contributed by atoms with Gasteiger partial charge in [-0.1, -0.05) is 36.4 Å². The topological polar surface area (TPSA) is 74.5 Å². The second kappa shape index (κ2) is 9.42. The Balaban J connectivity index is 1.33. The first-order valence-electron chi connectivity index (χ1n) is 11.3. The van der Waals surface area contributed by atoms with Crippen LogP contribution in [0.2, 0.25) is 0 Å². The van der Waals surface area contributed by atoms with Crippen molar-refractivity contribution in [2.24, 2.45) is 0 Å². The summed E-state index contributed by atoms with van der Waals surface area (Å²) in [5.74, 6) is 1.05. The van der Waals surface area contributed by atoms with Gasteiger partial charge in [0.1, 0.15) is 11.6 Å². The normalized spacial score (nSPS) is 14.6. The molecule has 0 unspecified atom stereocenters. The van der Waals surface area contributed by atoms with Gasteiger partial charge in [-0.2, -0.15) is 0 Å². The van der Waals surface area contributed by atoms with E-state index in [0.29, 0.717) is 6.54 Å². The molecule has 0 bridgehead atoms. The molecule has 5 rings (SSSR count). The average Bonchev–Trinajstić information content (AvgIpc) is 3.23. The molecule has 1 N–H and O–H groups in total. The molecule has 0 amide bonds. The van der Waals surface area contributed by atoms with Crippen molar-refractivity contribution in [3.63, 3.8) is 0 Å². The molecule has 1 aliphatic heterocycles. The summed E-state index contributed by atoms with van der Waals surface area (Å²) in [5.41, 5.74) is 4.09. The number of pyridine rings is 1. The first-order valence-corrected chi connectivity index (χ1v) is 11.3. The predicted octanol–water partition coefficient (Wildman–Crippen LogP) is 3.90. The number of carboxylic acids is 1. The van der Waals surface area contributed by atoms with E-state index in [0.717, 1.165) is 61.0 Å². The Kier molecular flexibility index (Phi) is 6.04. The molecular weight excluding hydrogens is 414 g/mol. The fraction of sp³-hybridized carbons (Fsp3) is 0.269. The molecule has 0 radical (unpaired) electrons. The fourth-order valence-corrected chi connectivity index (χ4v) is 4.47. The summed E-state index contributed by atoms with van der Waals surface area (Å²) in [4.78, 5) is 25.3. The Morgan fingerprint density at radius 1 is 0.939 bits per heavy atom. The van der Waals surface area contributed by atoms with E-state index in [1.165, 1.54) is 5.56 Å². The third-order valence-corrected chi connectivity index (χ3v) is 6.14. The van der Waals surface area contributed by atoms with Gasteiger partial charge in [-0.15, -0.1) is 0 Å². The summed E-state index contributed by atoms with van der Waals surface area (Å²) in [6.45, 7) is 5.16. The van der Waals surface area contributed by atoms with Crippen molar-refractivity contribution in [3.8, 4) is 11.4 Å². The molecule has 7 heteroatoms. The SMILES string of the molecule is O=C(O)CCn1c(-c2cccc(CN3CCN(c4ccccn4)CC3)c2)nc2ccccc21. The Hall–Kier alpha value is -3.71. The van der Waals surface area contributed by atoms with Crippen molar-refractivity contribution < 1.29 is 9.90 Å². The van der Waals surface area contributed by atoms with E-state index in [4.69, 9.17) is 4.98 Å². The molecule has 168 valence electrons. The van der Waals surface area contributed by atoms with Gasteiger partial charge < -0.3 is 14.6 Å². The molecule has 1 fully saturated rings. The van der Waals surface area contributed by atoms with Crippen LogP contribution >= 0.6 is 0 Å². The molecule has 0 atom stereocenters. The highest BCUT2D eigenvalue weighted by atomic mass is 16.4. The standard InChI is InChI=1S/C26H27N5O2/c32-25(33)11-13-31-23-9-2-1-8-22(23)28-26(31)21-7-5-6-20(18-21)19-29-14-16-30(17-15-29)24-10-3-4-12-27-24/h1-10,12,18H,11,13-17,19H2,(H,32,33). The number of benzene rings is 2. The fourth-order valence-electron chi connectivity index (χ4n) is 4.47. The monoisotopic (exact) mass is 441 g/mol. The number of carboxylic acid groups (broad SMARTS) is 1. The predicted molar refractivity (Wildman–Crippen MR) is 129 cm³/mol. The lowest BCUT2D eigenvalue weighted by atomic mass is 10.1. The van der Waals surface area contributed by atoms with Crippen LogP contribution in [0.1, 0.15) is 12.0 Å². The van der Waals surface area contributed by atoms with Crippen LogP contribution in [0.3, 0.4) is 0 Å². The van der Waals surface area contributed by atoms with E-state index in [9.17, 15) is 9.90 Å². The van der Waals surface area contributed by atoms with E-state index in [1.54, 1.807) is 0 Å². The average molecular weight is 442 g/mol. The van der Waals surface area contributed by atoms with Crippen molar-refractivity contribution >= 4 is 22.8 Å². The molecule has 1 aliphatic rings. The van der Waals surface area contributed by atoms with Gasteiger partial charge in [0, 0.05) is 51.0 Å². The van der Waals surface area contributed by atoms with Gasteiger partial charge in [0.2, 0.25) is 0 Å². The van der Waals surface area contributed by atoms with Crippen LogP contribution in [-0.4, -0.2) is 56.7 Å². The molecule has 2 aromatic carbocycles. The van der Waals surface area contributed by atoms with Gasteiger partial charge >= 0.3 is 5.97 Å². The number of aromatic nitrogens is 3. The van der Waals surface area contributed by atoms with E-state index < -0.39 is 5.97 Å². The van der Waals surface area contributed by atoms with Gasteiger partial charge in [0.15, 0.2) is 0 Å². The number of aliphatic carboxylic acids is 1. The van der Waals surface area contributed by atoms with Gasteiger partial charge in [0.25, 0.3) is 0 Å². The van der Waals surface area contributed by atoms with E-state index in [-0.39, 0.29) is 6.42 Å². The second-order valence-electron chi connectivity index (χ2n) is 8.37. The Bertz CT molecular complexity index is 1250. The minimum atomic E-state index is -0.808. The lowest BCUT2D eigenvalue weighted by Gasteiger charge is -2.35. The van der Waals surface area contributed by atoms with Crippen LogP contribution < -0.4 is 4.90 Å².